The van der Waals surface area contributed by atoms with Crippen molar-refractivity contribution in [1.82, 2.24) is 4.98 Å². The quantitative estimate of drug-likeness (QED) is 0.719. The molecule has 0 unspecified atom stereocenters. The Morgan fingerprint density at radius 3 is 2.76 bits per heavy atom. The number of nitrogens with zero attached hydrogens (tertiary/aromatic N) is 2. The van der Waals surface area contributed by atoms with E-state index in [-0.39, 0.29) is 0 Å². The van der Waals surface area contributed by atoms with E-state index in [0.717, 1.165) is 22.8 Å². The number of rotatable bonds is 0. The van der Waals surface area contributed by atoms with Gasteiger partial charge in [0.15, 0.2) is 0 Å². The topological polar surface area (TPSA) is 60.7 Å². The van der Waals surface area contributed by atoms with Gasteiger partial charge in [-0.05, 0) is 18.2 Å². The van der Waals surface area contributed by atoms with E-state index in [4.69, 9.17) is 5.26 Å². The molecule has 0 spiro atoms. The highest BCUT2D eigenvalue weighted by Gasteiger charge is 2.12. The first-order chi connectivity index (χ1) is 8.36. The summed E-state index contributed by atoms with van der Waals surface area (Å²) in [6.07, 6.45) is 0. The zero-order chi connectivity index (χ0) is 11.7. The Morgan fingerprint density at radius 2 is 1.94 bits per heavy atom. The van der Waals surface area contributed by atoms with Crippen molar-refractivity contribution >= 4 is 17.2 Å². The van der Waals surface area contributed by atoms with Crippen molar-refractivity contribution in [2.75, 3.05) is 10.6 Å². The smallest absolute Gasteiger partial charge is 0.142 e. The number of aromatic nitrogens is 1. The van der Waals surface area contributed by atoms with Crippen LogP contribution in [0.25, 0.3) is 0 Å². The van der Waals surface area contributed by atoms with Gasteiger partial charge in [0.25, 0.3) is 0 Å². The standard InChI is InChI=1S/C13H10N4/c14-7-10-6-5-9-8-15-11-3-1-2-4-12(11)17-13(9)16-10/h1-6,15H,8H2,(H,16,17). The zero-order valence-electron chi connectivity index (χ0n) is 9.07. The number of para-hydroxylation sites is 2. The Kier molecular flexibility index (Phi) is 2.16. The van der Waals surface area contributed by atoms with Crippen molar-refractivity contribution in [3.05, 3.63) is 47.7 Å². The molecule has 0 amide bonds. The van der Waals surface area contributed by atoms with Gasteiger partial charge < -0.3 is 10.6 Å². The summed E-state index contributed by atoms with van der Waals surface area (Å²) in [5, 5.41) is 15.4. The van der Waals surface area contributed by atoms with E-state index in [1.54, 1.807) is 6.07 Å². The summed E-state index contributed by atoms with van der Waals surface area (Å²) >= 11 is 0. The molecule has 4 nitrogen and oxygen atoms in total. The second-order valence-electron chi connectivity index (χ2n) is 3.84. The normalized spacial score (nSPS) is 12.2. The summed E-state index contributed by atoms with van der Waals surface area (Å²) in [5.41, 5.74) is 3.51. The predicted octanol–water partition coefficient (Wildman–Crippen LogP) is 2.62. The first-order valence-corrected chi connectivity index (χ1v) is 5.37. The van der Waals surface area contributed by atoms with Crippen molar-refractivity contribution in [1.29, 1.82) is 5.26 Å². The third-order valence-electron chi connectivity index (χ3n) is 2.74. The highest BCUT2D eigenvalue weighted by Crippen LogP contribution is 2.30. The molecule has 0 aliphatic carbocycles. The molecule has 1 aromatic heterocycles. The maximum atomic E-state index is 8.85. The SMILES string of the molecule is N#Cc1ccc2c(n1)Nc1ccccc1NC2. The molecule has 0 saturated heterocycles. The first kappa shape index (κ1) is 9.67. The lowest BCUT2D eigenvalue weighted by molar-refractivity contribution is 1.13. The number of nitrogens with one attached hydrogen (secondary N) is 2. The van der Waals surface area contributed by atoms with Crippen LogP contribution in [0.2, 0.25) is 0 Å². The van der Waals surface area contributed by atoms with Gasteiger partial charge in [-0.2, -0.15) is 5.26 Å². The van der Waals surface area contributed by atoms with Crippen LogP contribution in [0.15, 0.2) is 36.4 Å². The summed E-state index contributed by atoms with van der Waals surface area (Å²) in [6.45, 7) is 0.706. The summed E-state index contributed by atoms with van der Waals surface area (Å²) in [4.78, 5) is 4.28. The van der Waals surface area contributed by atoms with Gasteiger partial charge in [-0.15, -0.1) is 0 Å². The molecule has 2 aromatic rings. The minimum atomic E-state index is 0.427. The molecule has 0 saturated carbocycles. The molecule has 17 heavy (non-hydrogen) atoms. The Balaban J connectivity index is 2.09. The fraction of sp³-hybridized carbons (Fsp3) is 0.0769. The maximum Gasteiger partial charge on any atom is 0.142 e. The third kappa shape index (κ3) is 1.68. The molecular formula is C13H10N4. The Morgan fingerprint density at radius 1 is 1.12 bits per heavy atom. The van der Waals surface area contributed by atoms with E-state index in [9.17, 15) is 0 Å². The molecule has 0 radical (unpaired) electrons. The Labute approximate surface area is 98.9 Å². The fourth-order valence-electron chi connectivity index (χ4n) is 1.87. The molecule has 2 heterocycles. The first-order valence-electron chi connectivity index (χ1n) is 5.37. The molecule has 1 aromatic carbocycles. The van der Waals surface area contributed by atoms with Crippen LogP contribution in [0.1, 0.15) is 11.3 Å². The van der Waals surface area contributed by atoms with Crippen LogP contribution in [-0.4, -0.2) is 4.98 Å². The molecule has 0 fully saturated rings. The van der Waals surface area contributed by atoms with Crippen LogP contribution in [-0.2, 0) is 6.54 Å². The van der Waals surface area contributed by atoms with E-state index in [0.29, 0.717) is 12.2 Å². The number of nitriles is 1. The van der Waals surface area contributed by atoms with Crippen LogP contribution >= 0.6 is 0 Å². The van der Waals surface area contributed by atoms with E-state index in [1.807, 2.05) is 36.4 Å². The number of pyridine rings is 1. The minimum Gasteiger partial charge on any atom is -0.379 e. The third-order valence-corrected chi connectivity index (χ3v) is 2.74. The monoisotopic (exact) mass is 222 g/mol. The molecule has 3 rings (SSSR count). The van der Waals surface area contributed by atoms with Gasteiger partial charge in [0.1, 0.15) is 17.6 Å². The number of anilines is 3. The molecule has 1 aliphatic heterocycles. The van der Waals surface area contributed by atoms with Crippen molar-refractivity contribution in [3.8, 4) is 6.07 Å². The molecular weight excluding hydrogens is 212 g/mol. The van der Waals surface area contributed by atoms with Crippen molar-refractivity contribution < 1.29 is 0 Å². The van der Waals surface area contributed by atoms with Gasteiger partial charge in [0.2, 0.25) is 0 Å². The molecule has 82 valence electrons. The lowest BCUT2D eigenvalue weighted by Gasteiger charge is -2.07. The van der Waals surface area contributed by atoms with E-state index in [2.05, 4.69) is 15.6 Å². The number of hydrogen-bond donors (Lipinski definition) is 2. The van der Waals surface area contributed by atoms with Crippen LogP contribution in [0.4, 0.5) is 17.2 Å². The van der Waals surface area contributed by atoms with Gasteiger partial charge in [0, 0.05) is 12.1 Å². The predicted molar refractivity (Wildman–Crippen MR) is 66.0 cm³/mol. The second kappa shape index (κ2) is 3.80. The zero-order valence-corrected chi connectivity index (χ0v) is 9.07. The summed E-state index contributed by atoms with van der Waals surface area (Å²) in [6, 6.07) is 13.7. The van der Waals surface area contributed by atoms with Crippen LogP contribution in [0, 0.1) is 11.3 Å². The van der Waals surface area contributed by atoms with E-state index < -0.39 is 0 Å². The average molecular weight is 222 g/mol. The molecule has 4 heteroatoms. The van der Waals surface area contributed by atoms with E-state index in [1.165, 1.54) is 0 Å². The summed E-state index contributed by atoms with van der Waals surface area (Å²) in [7, 11) is 0. The van der Waals surface area contributed by atoms with Gasteiger partial charge in [-0.25, -0.2) is 4.98 Å². The van der Waals surface area contributed by atoms with Crippen molar-refractivity contribution in [2.45, 2.75) is 6.54 Å². The molecule has 2 N–H and O–H groups in total. The number of hydrogen-bond acceptors (Lipinski definition) is 4. The fourth-order valence-corrected chi connectivity index (χ4v) is 1.87. The average Bonchev–Trinajstić information content (AvgIpc) is 2.56. The molecule has 0 bridgehead atoms. The van der Waals surface area contributed by atoms with Crippen molar-refractivity contribution in [3.63, 3.8) is 0 Å². The second-order valence-corrected chi connectivity index (χ2v) is 3.84. The molecule has 1 aliphatic rings. The Bertz CT molecular complexity index is 613. The minimum absolute atomic E-state index is 0.427. The van der Waals surface area contributed by atoms with Gasteiger partial charge in [-0.1, -0.05) is 18.2 Å². The van der Waals surface area contributed by atoms with Crippen LogP contribution in [0.5, 0.6) is 0 Å². The highest BCUT2D eigenvalue weighted by molar-refractivity contribution is 5.76. The van der Waals surface area contributed by atoms with Gasteiger partial charge in [0.05, 0.1) is 11.4 Å². The van der Waals surface area contributed by atoms with E-state index >= 15 is 0 Å². The van der Waals surface area contributed by atoms with Crippen molar-refractivity contribution in [2.24, 2.45) is 0 Å². The maximum absolute atomic E-state index is 8.85. The lowest BCUT2D eigenvalue weighted by Crippen LogP contribution is -1.99. The lowest BCUT2D eigenvalue weighted by atomic mass is 10.2. The largest absolute Gasteiger partial charge is 0.379 e. The molecule has 0 atom stereocenters. The van der Waals surface area contributed by atoms with Gasteiger partial charge >= 0.3 is 0 Å². The van der Waals surface area contributed by atoms with Gasteiger partial charge in [-0.3, -0.25) is 0 Å². The number of benzene rings is 1. The van der Waals surface area contributed by atoms with Crippen LogP contribution in [0.3, 0.4) is 0 Å². The summed E-state index contributed by atoms with van der Waals surface area (Å²) in [5.74, 6) is 0.751. The number of fused-ring (bicyclic) bond motifs is 2. The summed E-state index contributed by atoms with van der Waals surface area (Å²) < 4.78 is 0. The van der Waals surface area contributed by atoms with Crippen LogP contribution < -0.4 is 10.6 Å². The highest BCUT2D eigenvalue weighted by atomic mass is 15.1. The Hall–Kier alpha value is -2.54.